The highest BCUT2D eigenvalue weighted by Gasteiger charge is 2.23. The van der Waals surface area contributed by atoms with Gasteiger partial charge < -0.3 is 5.11 Å². The predicted molar refractivity (Wildman–Crippen MR) is 70.2 cm³/mol. The van der Waals surface area contributed by atoms with Crippen LogP contribution in [0.2, 0.25) is 5.02 Å². The van der Waals surface area contributed by atoms with Gasteiger partial charge in [-0.25, -0.2) is 17.9 Å². The fraction of sp³-hybridized carbons (Fsp3) is 0.300. The van der Waals surface area contributed by atoms with Crippen molar-refractivity contribution < 1.29 is 18.3 Å². The molecular weight excluding hydrogens is 308 g/mol. The van der Waals surface area contributed by atoms with Crippen LogP contribution in [0.25, 0.3) is 5.65 Å². The third kappa shape index (κ3) is 2.60. The van der Waals surface area contributed by atoms with Crippen molar-refractivity contribution >= 4 is 33.2 Å². The molecule has 2 rings (SSSR count). The summed E-state index contributed by atoms with van der Waals surface area (Å²) in [5.41, 5.74) is 0.843. The number of carboxylic acid groups (broad SMARTS) is 1. The summed E-state index contributed by atoms with van der Waals surface area (Å²) in [6, 6.07) is -1.25. The highest BCUT2D eigenvalue weighted by atomic mass is 35.5. The second-order valence-corrected chi connectivity index (χ2v) is 6.23. The number of hydrogen-bond acceptors (Lipinski definition) is 5. The van der Waals surface area contributed by atoms with Crippen LogP contribution >= 0.6 is 11.6 Å². The summed E-state index contributed by atoms with van der Waals surface area (Å²) in [5.74, 6) is -1.28. The van der Waals surface area contributed by atoms with Gasteiger partial charge in [0.2, 0.25) is 10.0 Å². The second-order valence-electron chi connectivity index (χ2n) is 4.14. The topological polar surface area (TPSA) is 114 Å². The summed E-state index contributed by atoms with van der Waals surface area (Å²) in [7, 11) is -4.00. The van der Waals surface area contributed by atoms with Gasteiger partial charge in [0.1, 0.15) is 16.0 Å². The minimum absolute atomic E-state index is 0.197. The molecule has 10 heteroatoms. The standard InChI is InChI=1S/C10H11ClN4O4S/c1-5-8(11)9-12-3-7(4-15(9)13-5)20(18,19)14-6(2)10(16)17/h3-4,6,14H,1-2H3,(H,16,17). The largest absolute Gasteiger partial charge is 0.480 e. The van der Waals surface area contributed by atoms with Crippen LogP contribution in [0.1, 0.15) is 12.6 Å². The first-order valence-corrected chi connectivity index (χ1v) is 7.34. The molecule has 8 nitrogen and oxygen atoms in total. The molecule has 0 fully saturated rings. The maximum Gasteiger partial charge on any atom is 0.321 e. The van der Waals surface area contributed by atoms with Crippen LogP contribution in [0.4, 0.5) is 0 Å². The molecule has 2 N–H and O–H groups in total. The minimum Gasteiger partial charge on any atom is -0.480 e. The molecule has 2 aromatic heterocycles. The van der Waals surface area contributed by atoms with Gasteiger partial charge >= 0.3 is 5.97 Å². The predicted octanol–water partition coefficient (Wildman–Crippen LogP) is 0.443. The lowest BCUT2D eigenvalue weighted by Gasteiger charge is -2.09. The molecule has 0 spiro atoms. The van der Waals surface area contributed by atoms with E-state index in [0.717, 1.165) is 6.20 Å². The number of fused-ring (bicyclic) bond motifs is 1. The Balaban J connectivity index is 2.45. The molecule has 108 valence electrons. The molecule has 0 amide bonds. The highest BCUT2D eigenvalue weighted by molar-refractivity contribution is 7.89. The molecule has 0 aromatic carbocycles. The fourth-order valence-electron chi connectivity index (χ4n) is 1.49. The summed E-state index contributed by atoms with van der Waals surface area (Å²) in [5, 5.41) is 13.1. The van der Waals surface area contributed by atoms with Crippen molar-refractivity contribution in [3.8, 4) is 0 Å². The molecule has 0 bridgehead atoms. The zero-order chi connectivity index (χ0) is 15.1. The van der Waals surface area contributed by atoms with Gasteiger partial charge in [0, 0.05) is 0 Å². The molecule has 2 heterocycles. The Morgan fingerprint density at radius 2 is 2.20 bits per heavy atom. The van der Waals surface area contributed by atoms with Crippen LogP contribution in [0.3, 0.4) is 0 Å². The Labute approximate surface area is 119 Å². The van der Waals surface area contributed by atoms with E-state index < -0.39 is 22.0 Å². The van der Waals surface area contributed by atoms with Gasteiger partial charge in [-0.3, -0.25) is 4.79 Å². The van der Waals surface area contributed by atoms with E-state index in [-0.39, 0.29) is 4.90 Å². The van der Waals surface area contributed by atoms with Gasteiger partial charge in [-0.15, -0.1) is 0 Å². The number of aromatic nitrogens is 3. The summed E-state index contributed by atoms with van der Waals surface area (Å²) in [4.78, 5) is 14.4. The molecular formula is C10H11ClN4O4S. The number of rotatable bonds is 4. The van der Waals surface area contributed by atoms with Crippen LogP contribution < -0.4 is 4.72 Å². The number of halogens is 1. The number of nitrogens with zero attached hydrogens (tertiary/aromatic N) is 3. The van der Waals surface area contributed by atoms with E-state index in [1.54, 1.807) is 6.92 Å². The van der Waals surface area contributed by atoms with Gasteiger partial charge in [-0.1, -0.05) is 11.6 Å². The quantitative estimate of drug-likeness (QED) is 0.845. The number of aliphatic carboxylic acids is 1. The van der Waals surface area contributed by atoms with Crippen molar-refractivity contribution in [2.45, 2.75) is 24.8 Å². The molecule has 0 radical (unpaired) electrons. The Bertz CT molecular complexity index is 786. The Hall–Kier alpha value is -1.71. The number of nitrogens with one attached hydrogen (secondary N) is 1. The van der Waals surface area contributed by atoms with Crippen molar-refractivity contribution in [2.75, 3.05) is 0 Å². The lowest BCUT2D eigenvalue weighted by Crippen LogP contribution is -2.38. The van der Waals surface area contributed by atoms with Crippen LogP contribution in [0.5, 0.6) is 0 Å². The van der Waals surface area contributed by atoms with E-state index in [4.69, 9.17) is 16.7 Å². The van der Waals surface area contributed by atoms with Crippen molar-refractivity contribution in [2.24, 2.45) is 0 Å². The summed E-state index contributed by atoms with van der Waals surface area (Å²) >= 11 is 5.95. The Morgan fingerprint density at radius 3 is 2.80 bits per heavy atom. The normalized spacial score (nSPS) is 13.6. The fourth-order valence-corrected chi connectivity index (χ4v) is 2.80. The number of carbonyl (C=O) groups is 1. The van der Waals surface area contributed by atoms with Gasteiger partial charge in [0.05, 0.1) is 18.1 Å². The molecule has 0 saturated carbocycles. The van der Waals surface area contributed by atoms with Crippen LogP contribution in [0.15, 0.2) is 17.3 Å². The van der Waals surface area contributed by atoms with E-state index in [1.807, 2.05) is 4.72 Å². The Kier molecular flexibility index (Phi) is 3.67. The first kappa shape index (κ1) is 14.7. The minimum atomic E-state index is -4.00. The van der Waals surface area contributed by atoms with Crippen molar-refractivity contribution in [3.05, 3.63) is 23.1 Å². The van der Waals surface area contributed by atoms with Crippen molar-refractivity contribution in [3.63, 3.8) is 0 Å². The summed E-state index contributed by atoms with van der Waals surface area (Å²) < 4.78 is 27.2. The second kappa shape index (κ2) is 5.00. The monoisotopic (exact) mass is 318 g/mol. The molecule has 1 unspecified atom stereocenters. The van der Waals surface area contributed by atoms with Gasteiger partial charge in [0.15, 0.2) is 5.65 Å². The number of hydrogen-bond donors (Lipinski definition) is 2. The number of sulfonamides is 1. The zero-order valence-corrected chi connectivity index (χ0v) is 12.1. The van der Waals surface area contributed by atoms with Crippen LogP contribution in [0, 0.1) is 6.92 Å². The molecule has 1 atom stereocenters. The highest BCUT2D eigenvalue weighted by Crippen LogP contribution is 2.20. The molecule has 0 aliphatic heterocycles. The summed E-state index contributed by atoms with van der Waals surface area (Å²) in [6.07, 6.45) is 2.32. The first-order valence-electron chi connectivity index (χ1n) is 5.48. The van der Waals surface area contributed by atoms with Crippen molar-refractivity contribution in [1.82, 2.24) is 19.3 Å². The van der Waals surface area contributed by atoms with Crippen LogP contribution in [-0.4, -0.2) is 40.1 Å². The van der Waals surface area contributed by atoms with Crippen LogP contribution in [-0.2, 0) is 14.8 Å². The lowest BCUT2D eigenvalue weighted by molar-refractivity contribution is -0.138. The SMILES string of the molecule is Cc1nn2cc(S(=O)(=O)NC(C)C(=O)O)cnc2c1Cl. The summed E-state index contributed by atoms with van der Waals surface area (Å²) in [6.45, 7) is 2.89. The maximum atomic E-state index is 12.0. The molecule has 0 aliphatic carbocycles. The van der Waals surface area contributed by atoms with E-state index in [0.29, 0.717) is 16.4 Å². The lowest BCUT2D eigenvalue weighted by atomic mass is 10.4. The van der Waals surface area contributed by atoms with E-state index in [2.05, 4.69) is 10.1 Å². The van der Waals surface area contributed by atoms with E-state index >= 15 is 0 Å². The number of carboxylic acids is 1. The molecule has 0 saturated heterocycles. The number of aryl methyl sites for hydroxylation is 1. The molecule has 0 aliphatic rings. The van der Waals surface area contributed by atoms with Crippen molar-refractivity contribution in [1.29, 1.82) is 0 Å². The van der Waals surface area contributed by atoms with Gasteiger partial charge in [0.25, 0.3) is 0 Å². The third-order valence-electron chi connectivity index (χ3n) is 2.56. The van der Waals surface area contributed by atoms with E-state index in [1.165, 1.54) is 17.6 Å². The molecule has 2 aromatic rings. The smallest absolute Gasteiger partial charge is 0.321 e. The third-order valence-corrected chi connectivity index (χ3v) is 4.50. The van der Waals surface area contributed by atoms with Gasteiger partial charge in [-0.05, 0) is 13.8 Å². The molecule has 20 heavy (non-hydrogen) atoms. The zero-order valence-electron chi connectivity index (χ0n) is 10.5. The maximum absolute atomic E-state index is 12.0. The average molecular weight is 319 g/mol. The Morgan fingerprint density at radius 1 is 1.55 bits per heavy atom. The average Bonchev–Trinajstić information content (AvgIpc) is 2.64. The van der Waals surface area contributed by atoms with Gasteiger partial charge in [-0.2, -0.15) is 9.82 Å². The first-order chi connectivity index (χ1) is 9.22. The van der Waals surface area contributed by atoms with E-state index in [9.17, 15) is 13.2 Å².